The highest BCUT2D eigenvalue weighted by molar-refractivity contribution is 7.91. The largest absolute Gasteiger partial charge is 0.330 e. The molecule has 1 aliphatic rings. The van der Waals surface area contributed by atoms with E-state index in [1.165, 1.54) is 5.56 Å². The zero-order valence-electron chi connectivity index (χ0n) is 9.22. The third-order valence-corrected chi connectivity index (χ3v) is 5.20. The summed E-state index contributed by atoms with van der Waals surface area (Å²) >= 11 is 0. The van der Waals surface area contributed by atoms with Crippen LogP contribution in [0.15, 0.2) is 30.3 Å². The van der Waals surface area contributed by atoms with Crippen molar-refractivity contribution < 1.29 is 8.42 Å². The van der Waals surface area contributed by atoms with Crippen molar-refractivity contribution in [3.05, 3.63) is 35.9 Å². The summed E-state index contributed by atoms with van der Waals surface area (Å²) in [6.07, 6.45) is 1.46. The minimum atomic E-state index is -2.87. The Morgan fingerprint density at radius 2 is 1.94 bits per heavy atom. The molecule has 2 rings (SSSR count). The summed E-state index contributed by atoms with van der Waals surface area (Å²) in [5.41, 5.74) is 6.71. The van der Waals surface area contributed by atoms with Crippen LogP contribution in [-0.4, -0.2) is 26.5 Å². The molecule has 4 heteroatoms. The normalized spacial score (nSPS) is 28.1. The van der Waals surface area contributed by atoms with Crippen LogP contribution in [0.25, 0.3) is 0 Å². The van der Waals surface area contributed by atoms with Crippen molar-refractivity contribution in [2.45, 2.75) is 12.8 Å². The molecule has 0 spiro atoms. The monoisotopic (exact) mass is 239 g/mol. The fourth-order valence-electron chi connectivity index (χ4n) is 2.38. The molecule has 1 fully saturated rings. The maximum absolute atomic E-state index is 11.5. The molecule has 1 aliphatic heterocycles. The summed E-state index contributed by atoms with van der Waals surface area (Å²) in [6.45, 7) is 0.446. The summed E-state index contributed by atoms with van der Waals surface area (Å²) in [5, 5.41) is 0. The van der Waals surface area contributed by atoms with E-state index in [0.29, 0.717) is 13.0 Å². The lowest BCUT2D eigenvalue weighted by Gasteiger charge is -2.25. The molecular weight excluding hydrogens is 222 g/mol. The van der Waals surface area contributed by atoms with Crippen LogP contribution in [-0.2, 0) is 16.3 Å². The Kier molecular flexibility index (Phi) is 3.04. The van der Waals surface area contributed by atoms with Crippen molar-refractivity contribution in [1.82, 2.24) is 0 Å². The van der Waals surface area contributed by atoms with Crippen LogP contribution in [0.1, 0.15) is 12.0 Å². The Balaban J connectivity index is 2.19. The Morgan fingerprint density at radius 1 is 1.25 bits per heavy atom. The van der Waals surface area contributed by atoms with Gasteiger partial charge in [0, 0.05) is 5.41 Å². The quantitative estimate of drug-likeness (QED) is 0.855. The van der Waals surface area contributed by atoms with Gasteiger partial charge in [-0.1, -0.05) is 30.3 Å². The topological polar surface area (TPSA) is 60.2 Å². The first-order valence-corrected chi connectivity index (χ1v) is 7.32. The van der Waals surface area contributed by atoms with Crippen molar-refractivity contribution in [3.8, 4) is 0 Å². The Bertz CT molecular complexity index is 455. The lowest BCUT2D eigenvalue weighted by Crippen LogP contribution is -2.34. The molecule has 3 nitrogen and oxygen atoms in total. The second kappa shape index (κ2) is 4.18. The third-order valence-electron chi connectivity index (χ3n) is 3.32. The van der Waals surface area contributed by atoms with Crippen LogP contribution in [0.5, 0.6) is 0 Å². The summed E-state index contributed by atoms with van der Waals surface area (Å²) in [4.78, 5) is 0. The predicted octanol–water partition coefficient (Wildman–Crippen LogP) is 0.993. The fraction of sp³-hybridized carbons (Fsp3) is 0.500. The summed E-state index contributed by atoms with van der Waals surface area (Å²) in [5.74, 6) is 0.530. The van der Waals surface area contributed by atoms with Crippen LogP contribution < -0.4 is 5.73 Å². The SMILES string of the molecule is NCC1(Cc2ccccc2)CCS(=O)(=O)C1. The molecule has 0 aromatic heterocycles. The van der Waals surface area contributed by atoms with E-state index in [1.54, 1.807) is 0 Å². The summed E-state index contributed by atoms with van der Waals surface area (Å²) < 4.78 is 23.1. The van der Waals surface area contributed by atoms with Gasteiger partial charge in [0.05, 0.1) is 11.5 Å². The van der Waals surface area contributed by atoms with Gasteiger partial charge in [-0.15, -0.1) is 0 Å². The van der Waals surface area contributed by atoms with Crippen LogP contribution in [0.4, 0.5) is 0 Å². The third kappa shape index (κ3) is 2.44. The lowest BCUT2D eigenvalue weighted by molar-refractivity contribution is 0.344. The number of benzene rings is 1. The van der Waals surface area contributed by atoms with Gasteiger partial charge in [0.1, 0.15) is 0 Å². The maximum atomic E-state index is 11.5. The highest BCUT2D eigenvalue weighted by atomic mass is 32.2. The van der Waals surface area contributed by atoms with Gasteiger partial charge in [-0.25, -0.2) is 8.42 Å². The van der Waals surface area contributed by atoms with Gasteiger partial charge < -0.3 is 5.73 Å². The zero-order chi connectivity index (χ0) is 11.6. The van der Waals surface area contributed by atoms with Gasteiger partial charge in [-0.2, -0.15) is 0 Å². The van der Waals surface area contributed by atoms with E-state index in [1.807, 2.05) is 30.3 Å². The molecule has 16 heavy (non-hydrogen) atoms. The van der Waals surface area contributed by atoms with Gasteiger partial charge >= 0.3 is 0 Å². The first-order chi connectivity index (χ1) is 7.55. The van der Waals surface area contributed by atoms with Gasteiger partial charge in [0.25, 0.3) is 0 Å². The number of hydrogen-bond acceptors (Lipinski definition) is 3. The van der Waals surface area contributed by atoms with Crippen LogP contribution >= 0.6 is 0 Å². The summed E-state index contributed by atoms with van der Waals surface area (Å²) in [7, 11) is -2.87. The van der Waals surface area contributed by atoms with Crippen molar-refractivity contribution >= 4 is 9.84 Å². The van der Waals surface area contributed by atoms with E-state index < -0.39 is 9.84 Å². The van der Waals surface area contributed by atoms with Crippen LogP contribution in [0, 0.1) is 5.41 Å². The molecule has 0 radical (unpaired) electrons. The molecule has 0 amide bonds. The lowest BCUT2D eigenvalue weighted by atomic mass is 9.81. The first kappa shape index (κ1) is 11.6. The second-order valence-electron chi connectivity index (χ2n) is 4.71. The molecule has 1 aromatic rings. The maximum Gasteiger partial charge on any atom is 0.150 e. The molecule has 1 unspecified atom stereocenters. The van der Waals surface area contributed by atoms with Gasteiger partial charge in [0.2, 0.25) is 0 Å². The molecular formula is C12H17NO2S. The average molecular weight is 239 g/mol. The minimum absolute atomic E-state index is 0.236. The molecule has 2 N–H and O–H groups in total. The van der Waals surface area contributed by atoms with Crippen LogP contribution in [0.3, 0.4) is 0 Å². The van der Waals surface area contributed by atoms with E-state index in [4.69, 9.17) is 5.73 Å². The van der Waals surface area contributed by atoms with Crippen molar-refractivity contribution in [3.63, 3.8) is 0 Å². The van der Waals surface area contributed by atoms with E-state index in [2.05, 4.69) is 0 Å². The van der Waals surface area contributed by atoms with Crippen molar-refractivity contribution in [1.29, 1.82) is 0 Å². The van der Waals surface area contributed by atoms with E-state index in [-0.39, 0.29) is 16.9 Å². The molecule has 0 aliphatic carbocycles. The molecule has 0 bridgehead atoms. The molecule has 1 heterocycles. The summed E-state index contributed by atoms with van der Waals surface area (Å²) in [6, 6.07) is 9.97. The molecule has 1 saturated heterocycles. The first-order valence-electron chi connectivity index (χ1n) is 5.50. The van der Waals surface area contributed by atoms with E-state index in [0.717, 1.165) is 6.42 Å². The Morgan fingerprint density at radius 3 is 2.44 bits per heavy atom. The number of rotatable bonds is 3. The predicted molar refractivity (Wildman–Crippen MR) is 64.9 cm³/mol. The number of sulfone groups is 1. The van der Waals surface area contributed by atoms with Gasteiger partial charge in [-0.3, -0.25) is 0 Å². The highest BCUT2D eigenvalue weighted by Crippen LogP contribution is 2.34. The molecule has 0 saturated carbocycles. The fourth-order valence-corrected chi connectivity index (χ4v) is 4.57. The van der Waals surface area contributed by atoms with Gasteiger partial charge in [-0.05, 0) is 24.9 Å². The zero-order valence-corrected chi connectivity index (χ0v) is 10.0. The Hall–Kier alpha value is -0.870. The van der Waals surface area contributed by atoms with Crippen molar-refractivity contribution in [2.24, 2.45) is 11.1 Å². The smallest absolute Gasteiger partial charge is 0.150 e. The second-order valence-corrected chi connectivity index (χ2v) is 6.89. The van der Waals surface area contributed by atoms with E-state index >= 15 is 0 Å². The molecule has 1 atom stereocenters. The van der Waals surface area contributed by atoms with E-state index in [9.17, 15) is 8.42 Å². The van der Waals surface area contributed by atoms with Crippen molar-refractivity contribution in [2.75, 3.05) is 18.1 Å². The molecule has 1 aromatic carbocycles. The standard InChI is InChI=1S/C12H17NO2S/c13-9-12(6-7-16(14,15)10-12)8-11-4-2-1-3-5-11/h1-5H,6-10,13H2. The minimum Gasteiger partial charge on any atom is -0.330 e. The molecule has 88 valence electrons. The van der Waals surface area contributed by atoms with Gasteiger partial charge in [0.15, 0.2) is 9.84 Å². The average Bonchev–Trinajstić information content (AvgIpc) is 2.57. The number of hydrogen-bond donors (Lipinski definition) is 1. The Labute approximate surface area is 96.6 Å². The highest BCUT2D eigenvalue weighted by Gasteiger charge is 2.40. The number of nitrogens with two attached hydrogens (primary N) is 1. The van der Waals surface area contributed by atoms with Crippen LogP contribution in [0.2, 0.25) is 0 Å².